The minimum Gasteiger partial charge on any atom is -0.223 e. The Bertz CT molecular complexity index is 332. The van der Waals surface area contributed by atoms with Crippen molar-refractivity contribution in [2.45, 2.75) is 44.9 Å². The predicted octanol–water partition coefficient (Wildman–Crippen LogP) is 3.04. The summed E-state index contributed by atoms with van der Waals surface area (Å²) in [6.07, 6.45) is 14.7. The van der Waals surface area contributed by atoms with Crippen molar-refractivity contribution >= 4 is 5.71 Å². The molecule has 1 aliphatic heterocycles. The van der Waals surface area contributed by atoms with Crippen LogP contribution < -0.4 is 11.0 Å². The summed E-state index contributed by atoms with van der Waals surface area (Å²) in [4.78, 5) is 0. The number of hydrazine groups is 1. The Labute approximate surface area is 108 Å². The van der Waals surface area contributed by atoms with Gasteiger partial charge < -0.3 is 0 Å². The zero-order valence-corrected chi connectivity index (χ0v) is 10.7. The Morgan fingerprint density at radius 3 is 3.06 bits per heavy atom. The van der Waals surface area contributed by atoms with Crippen molar-refractivity contribution in [3.8, 4) is 0 Å². The van der Waals surface area contributed by atoms with Crippen molar-refractivity contribution in [2.24, 2.45) is 15.5 Å². The SMILES string of the molecule is C1=CCCCCCC(C2=NN=NNNCCC2)=C1. The Kier molecular flexibility index (Phi) is 5.59. The van der Waals surface area contributed by atoms with E-state index in [2.05, 4.69) is 44.7 Å². The zero-order valence-electron chi connectivity index (χ0n) is 10.7. The summed E-state index contributed by atoms with van der Waals surface area (Å²) >= 11 is 0. The van der Waals surface area contributed by atoms with Gasteiger partial charge in [0.1, 0.15) is 0 Å². The summed E-state index contributed by atoms with van der Waals surface area (Å²) < 4.78 is 0. The first kappa shape index (κ1) is 13.0. The molecule has 18 heavy (non-hydrogen) atoms. The largest absolute Gasteiger partial charge is 0.223 e. The lowest BCUT2D eigenvalue weighted by Gasteiger charge is -2.08. The van der Waals surface area contributed by atoms with Crippen LogP contribution in [-0.4, -0.2) is 12.3 Å². The molecule has 2 aliphatic rings. The molecule has 0 fully saturated rings. The third-order valence-electron chi connectivity index (χ3n) is 3.18. The van der Waals surface area contributed by atoms with E-state index in [1.807, 2.05) is 0 Å². The molecule has 2 N–H and O–H groups in total. The van der Waals surface area contributed by atoms with Gasteiger partial charge in [-0.05, 0) is 54.5 Å². The number of rotatable bonds is 1. The third kappa shape index (κ3) is 4.41. The van der Waals surface area contributed by atoms with Crippen molar-refractivity contribution in [3.05, 3.63) is 23.8 Å². The lowest BCUT2D eigenvalue weighted by atomic mass is 9.99. The van der Waals surface area contributed by atoms with Crippen LogP contribution in [0.2, 0.25) is 0 Å². The molecule has 0 spiro atoms. The molecule has 0 saturated heterocycles. The summed E-state index contributed by atoms with van der Waals surface area (Å²) in [5, 5.41) is 11.8. The first-order valence-corrected chi connectivity index (χ1v) is 6.77. The molecule has 98 valence electrons. The molecule has 0 radical (unpaired) electrons. The highest BCUT2D eigenvalue weighted by Crippen LogP contribution is 2.17. The predicted molar refractivity (Wildman–Crippen MR) is 73.0 cm³/mol. The van der Waals surface area contributed by atoms with Gasteiger partial charge in [0.25, 0.3) is 0 Å². The van der Waals surface area contributed by atoms with E-state index < -0.39 is 0 Å². The van der Waals surface area contributed by atoms with E-state index in [0.29, 0.717) is 0 Å². The van der Waals surface area contributed by atoms with Crippen LogP contribution in [0.5, 0.6) is 0 Å². The Hall–Kier alpha value is -1.49. The fourth-order valence-electron chi connectivity index (χ4n) is 2.17. The minimum absolute atomic E-state index is 0.876. The van der Waals surface area contributed by atoms with Crippen LogP contribution in [0, 0.1) is 0 Å². The van der Waals surface area contributed by atoms with E-state index in [4.69, 9.17) is 0 Å². The van der Waals surface area contributed by atoms with Gasteiger partial charge in [0.05, 0.1) is 5.71 Å². The lowest BCUT2D eigenvalue weighted by Crippen LogP contribution is -2.27. The molecule has 0 aromatic rings. The van der Waals surface area contributed by atoms with Crippen LogP contribution in [0.25, 0.3) is 0 Å². The van der Waals surface area contributed by atoms with Gasteiger partial charge in [0.2, 0.25) is 0 Å². The summed E-state index contributed by atoms with van der Waals surface area (Å²) in [6.45, 7) is 0.876. The summed E-state index contributed by atoms with van der Waals surface area (Å²) in [5.74, 6) is 0. The number of nitrogens with zero attached hydrogens (tertiary/aromatic N) is 3. The van der Waals surface area contributed by atoms with E-state index in [1.54, 1.807) is 0 Å². The molecule has 0 aromatic heterocycles. The van der Waals surface area contributed by atoms with Crippen LogP contribution in [0.1, 0.15) is 44.9 Å². The van der Waals surface area contributed by atoms with Gasteiger partial charge >= 0.3 is 0 Å². The second-order valence-corrected chi connectivity index (χ2v) is 4.60. The second-order valence-electron chi connectivity index (χ2n) is 4.60. The fourth-order valence-corrected chi connectivity index (χ4v) is 2.17. The van der Waals surface area contributed by atoms with Gasteiger partial charge in [0, 0.05) is 6.54 Å². The maximum absolute atomic E-state index is 4.24. The summed E-state index contributed by atoms with van der Waals surface area (Å²) in [7, 11) is 0. The van der Waals surface area contributed by atoms with Crippen molar-refractivity contribution in [3.63, 3.8) is 0 Å². The Morgan fingerprint density at radius 1 is 1.06 bits per heavy atom. The molecule has 0 bridgehead atoms. The van der Waals surface area contributed by atoms with Gasteiger partial charge in [-0.25, -0.2) is 11.0 Å². The standard InChI is InChI=1S/C13H21N5/c1-2-4-6-9-12(8-5-3-1)13-10-7-11-14-16-18-17-15-13/h3,5,8H,1-2,4,6-7,9-11H2,(H,14,18)(H,16,17). The lowest BCUT2D eigenvalue weighted by molar-refractivity contribution is 0.525. The van der Waals surface area contributed by atoms with E-state index in [0.717, 1.165) is 31.5 Å². The van der Waals surface area contributed by atoms with Crippen LogP contribution >= 0.6 is 0 Å². The maximum atomic E-state index is 4.24. The topological polar surface area (TPSA) is 61.1 Å². The molecule has 0 saturated carbocycles. The zero-order chi connectivity index (χ0) is 12.5. The van der Waals surface area contributed by atoms with Gasteiger partial charge in [-0.2, -0.15) is 0 Å². The molecular formula is C13H21N5. The Balaban J connectivity index is 2.09. The molecule has 2 rings (SSSR count). The molecule has 0 atom stereocenters. The monoisotopic (exact) mass is 247 g/mol. The number of hydrogen-bond donors (Lipinski definition) is 2. The van der Waals surface area contributed by atoms with E-state index in [9.17, 15) is 0 Å². The van der Waals surface area contributed by atoms with Crippen molar-refractivity contribution < 1.29 is 0 Å². The quantitative estimate of drug-likeness (QED) is 0.748. The average Bonchev–Trinajstić information content (AvgIpc) is 2.61. The summed E-state index contributed by atoms with van der Waals surface area (Å²) in [6, 6.07) is 0. The third-order valence-corrected chi connectivity index (χ3v) is 3.18. The second kappa shape index (κ2) is 7.76. The van der Waals surface area contributed by atoms with Crippen molar-refractivity contribution in [1.29, 1.82) is 0 Å². The number of hydrogen-bond acceptors (Lipinski definition) is 5. The molecule has 0 unspecified atom stereocenters. The fraction of sp³-hybridized carbons (Fsp3) is 0.615. The minimum atomic E-state index is 0.876. The van der Waals surface area contributed by atoms with Gasteiger partial charge in [-0.1, -0.05) is 24.6 Å². The molecular weight excluding hydrogens is 226 g/mol. The number of allylic oxidation sites excluding steroid dienone is 4. The highest BCUT2D eigenvalue weighted by molar-refractivity contribution is 6.00. The molecule has 5 heteroatoms. The summed E-state index contributed by atoms with van der Waals surface area (Å²) in [5.41, 5.74) is 8.01. The molecule has 1 aliphatic carbocycles. The normalized spacial score (nSPS) is 22.2. The van der Waals surface area contributed by atoms with E-state index in [-0.39, 0.29) is 0 Å². The van der Waals surface area contributed by atoms with Gasteiger partial charge in [0.15, 0.2) is 0 Å². The Morgan fingerprint density at radius 2 is 2.06 bits per heavy atom. The first-order chi connectivity index (χ1) is 8.97. The van der Waals surface area contributed by atoms with Crippen LogP contribution in [0.15, 0.2) is 39.3 Å². The van der Waals surface area contributed by atoms with Crippen molar-refractivity contribution in [1.82, 2.24) is 11.0 Å². The van der Waals surface area contributed by atoms with E-state index in [1.165, 1.54) is 31.3 Å². The number of nitrogens with one attached hydrogen (secondary N) is 2. The average molecular weight is 247 g/mol. The molecule has 1 heterocycles. The highest BCUT2D eigenvalue weighted by Gasteiger charge is 2.08. The van der Waals surface area contributed by atoms with Crippen LogP contribution in [0.3, 0.4) is 0 Å². The maximum Gasteiger partial charge on any atom is 0.0681 e. The molecule has 5 nitrogen and oxygen atoms in total. The molecule has 0 aromatic carbocycles. The van der Waals surface area contributed by atoms with Crippen LogP contribution in [0.4, 0.5) is 0 Å². The molecule has 0 amide bonds. The smallest absolute Gasteiger partial charge is 0.0681 e. The van der Waals surface area contributed by atoms with E-state index >= 15 is 0 Å². The van der Waals surface area contributed by atoms with Crippen molar-refractivity contribution in [2.75, 3.05) is 6.54 Å². The first-order valence-electron chi connectivity index (χ1n) is 6.77. The highest BCUT2D eigenvalue weighted by atomic mass is 15.7. The van der Waals surface area contributed by atoms with Gasteiger partial charge in [-0.15, -0.1) is 5.10 Å². The van der Waals surface area contributed by atoms with Crippen LogP contribution in [-0.2, 0) is 0 Å². The van der Waals surface area contributed by atoms with Gasteiger partial charge in [-0.3, -0.25) is 0 Å².